The van der Waals surface area contributed by atoms with Crippen LogP contribution in [0.1, 0.15) is 12.1 Å². The van der Waals surface area contributed by atoms with Gasteiger partial charge in [-0.25, -0.2) is 9.97 Å². The monoisotopic (exact) mass is 158 g/mol. The molecule has 1 aromatic rings. The Hall–Kier alpha value is -0.650. The summed E-state index contributed by atoms with van der Waals surface area (Å²) in [4.78, 5) is 7.20. The topological polar surface area (TPSA) is 66.2 Å². The molecule has 0 bridgehead atoms. The number of rotatable bonds is 1. The zero-order valence-corrected chi connectivity index (χ0v) is 5.86. The summed E-state index contributed by atoms with van der Waals surface area (Å²) >= 11 is 3.88. The third-order valence-corrected chi connectivity index (χ3v) is 1.14. The molecule has 0 aliphatic rings. The summed E-state index contributed by atoms with van der Waals surface area (Å²) < 4.78 is 0. The molecule has 4 nitrogen and oxygen atoms in total. The fourth-order valence-corrected chi connectivity index (χ4v) is 0.657. The Morgan fingerprint density at radius 2 is 2.20 bits per heavy atom. The zero-order valence-electron chi connectivity index (χ0n) is 4.97. The molecule has 0 spiro atoms. The molecule has 0 amide bonds. The third-order valence-electron chi connectivity index (χ3n) is 0.890. The van der Waals surface area contributed by atoms with Crippen LogP contribution in [0.25, 0.3) is 0 Å². The van der Waals surface area contributed by atoms with Crippen LogP contribution in [0.3, 0.4) is 0 Å². The zero-order chi connectivity index (χ0) is 7.56. The largest absolute Gasteiger partial charge is 0.362 e. The number of aliphatic hydroxyl groups excluding tert-OH is 1. The minimum atomic E-state index is -1.62. The second-order valence-electron chi connectivity index (χ2n) is 1.65. The Bertz CT molecular complexity index is 229. The van der Waals surface area contributed by atoms with Crippen molar-refractivity contribution in [2.24, 2.45) is 0 Å². The van der Waals surface area contributed by atoms with Crippen LogP contribution >= 0.6 is 12.6 Å². The lowest BCUT2D eigenvalue weighted by atomic mass is 10.5. The lowest BCUT2D eigenvalue weighted by Crippen LogP contribution is -2.01. The predicted molar refractivity (Wildman–Crippen MR) is 36.5 cm³/mol. The molecule has 0 fully saturated rings. The van der Waals surface area contributed by atoms with Crippen molar-refractivity contribution in [1.29, 1.82) is 0 Å². The van der Waals surface area contributed by atoms with Gasteiger partial charge in [-0.3, -0.25) is 0 Å². The highest BCUT2D eigenvalue weighted by Gasteiger charge is 2.04. The minimum Gasteiger partial charge on any atom is -0.362 e. The molecule has 0 aliphatic carbocycles. The van der Waals surface area contributed by atoms with Gasteiger partial charge in [0.1, 0.15) is 0 Å². The van der Waals surface area contributed by atoms with Gasteiger partial charge in [-0.15, -0.1) is 12.6 Å². The van der Waals surface area contributed by atoms with Crippen LogP contribution in [0, 0.1) is 0 Å². The Morgan fingerprint density at radius 1 is 1.50 bits per heavy atom. The average molecular weight is 158 g/mol. The van der Waals surface area contributed by atoms with Crippen LogP contribution in [0.15, 0.2) is 17.3 Å². The van der Waals surface area contributed by atoms with Crippen molar-refractivity contribution in [1.82, 2.24) is 9.97 Å². The van der Waals surface area contributed by atoms with E-state index in [4.69, 9.17) is 10.2 Å². The number of aliphatic hydroxyl groups is 2. The van der Waals surface area contributed by atoms with Gasteiger partial charge >= 0.3 is 0 Å². The van der Waals surface area contributed by atoms with Gasteiger partial charge in [0.2, 0.25) is 6.29 Å². The van der Waals surface area contributed by atoms with E-state index in [1.807, 2.05) is 0 Å². The smallest absolute Gasteiger partial charge is 0.214 e. The van der Waals surface area contributed by atoms with Crippen molar-refractivity contribution >= 4 is 12.6 Å². The second kappa shape index (κ2) is 2.96. The van der Waals surface area contributed by atoms with E-state index < -0.39 is 6.29 Å². The molecular formula is C5H6N2O2S. The van der Waals surface area contributed by atoms with E-state index in [9.17, 15) is 0 Å². The van der Waals surface area contributed by atoms with Crippen LogP contribution in [0.4, 0.5) is 0 Å². The summed E-state index contributed by atoms with van der Waals surface area (Å²) in [5.41, 5.74) is 0. The van der Waals surface area contributed by atoms with Crippen molar-refractivity contribution in [3.05, 3.63) is 18.1 Å². The van der Waals surface area contributed by atoms with Crippen molar-refractivity contribution in [3.8, 4) is 0 Å². The standard InChI is InChI=1S/C5H6N2O2S/c8-5(9)4-6-2-1-3(10)7-4/h1-2,5,8-9H,(H,6,7,10). The lowest BCUT2D eigenvalue weighted by molar-refractivity contribution is -0.0498. The number of aromatic nitrogens is 2. The normalized spacial score (nSPS) is 10.4. The van der Waals surface area contributed by atoms with Crippen LogP contribution in [-0.4, -0.2) is 20.2 Å². The summed E-state index contributed by atoms with van der Waals surface area (Å²) in [5, 5.41) is 17.5. The summed E-state index contributed by atoms with van der Waals surface area (Å²) in [6, 6.07) is 1.55. The number of thiol groups is 1. The van der Waals surface area contributed by atoms with Gasteiger partial charge in [0.25, 0.3) is 0 Å². The van der Waals surface area contributed by atoms with Crippen molar-refractivity contribution in [3.63, 3.8) is 0 Å². The van der Waals surface area contributed by atoms with Gasteiger partial charge in [-0.05, 0) is 6.07 Å². The molecule has 54 valence electrons. The van der Waals surface area contributed by atoms with Crippen molar-refractivity contribution in [2.75, 3.05) is 0 Å². The number of hydrogen-bond donors (Lipinski definition) is 3. The van der Waals surface area contributed by atoms with Gasteiger partial charge in [0, 0.05) is 6.20 Å². The molecule has 2 N–H and O–H groups in total. The molecule has 1 rings (SSSR count). The number of nitrogens with zero attached hydrogens (tertiary/aromatic N) is 2. The second-order valence-corrected chi connectivity index (χ2v) is 2.10. The maximum atomic E-state index is 8.54. The maximum Gasteiger partial charge on any atom is 0.214 e. The van der Waals surface area contributed by atoms with Crippen molar-refractivity contribution < 1.29 is 10.2 Å². The highest BCUT2D eigenvalue weighted by molar-refractivity contribution is 7.80. The molecule has 0 saturated carbocycles. The maximum absolute atomic E-state index is 8.54. The van der Waals surface area contributed by atoms with Gasteiger partial charge < -0.3 is 10.2 Å². The van der Waals surface area contributed by atoms with Crippen molar-refractivity contribution in [2.45, 2.75) is 11.3 Å². The van der Waals surface area contributed by atoms with Crippen LogP contribution in [0.5, 0.6) is 0 Å². The van der Waals surface area contributed by atoms with Crippen LogP contribution in [-0.2, 0) is 0 Å². The Morgan fingerprint density at radius 3 is 2.60 bits per heavy atom. The highest BCUT2D eigenvalue weighted by atomic mass is 32.1. The Balaban J connectivity index is 2.96. The number of hydrogen-bond acceptors (Lipinski definition) is 5. The molecule has 1 aromatic heterocycles. The summed E-state index contributed by atoms with van der Waals surface area (Å²) in [6.07, 6.45) is -0.212. The molecule has 0 aromatic carbocycles. The first-order chi connectivity index (χ1) is 4.70. The highest BCUT2D eigenvalue weighted by Crippen LogP contribution is 2.05. The fourth-order valence-electron chi connectivity index (χ4n) is 0.488. The Kier molecular flexibility index (Phi) is 2.21. The summed E-state index contributed by atoms with van der Waals surface area (Å²) in [7, 11) is 0. The first-order valence-corrected chi connectivity index (χ1v) is 3.03. The van der Waals surface area contributed by atoms with E-state index in [2.05, 4.69) is 22.6 Å². The van der Waals surface area contributed by atoms with Crippen LogP contribution in [0.2, 0.25) is 0 Å². The molecular weight excluding hydrogens is 152 g/mol. The Labute approximate surface area is 63.0 Å². The molecule has 10 heavy (non-hydrogen) atoms. The molecule has 0 saturated heterocycles. The van der Waals surface area contributed by atoms with E-state index in [-0.39, 0.29) is 5.82 Å². The molecule has 0 radical (unpaired) electrons. The molecule has 0 unspecified atom stereocenters. The molecule has 1 heterocycles. The summed E-state index contributed by atoms with van der Waals surface area (Å²) in [5.74, 6) is -0.0347. The van der Waals surface area contributed by atoms with E-state index in [1.54, 1.807) is 6.07 Å². The SMILES string of the molecule is OC(O)c1nccc(S)n1. The third kappa shape index (κ3) is 1.66. The van der Waals surface area contributed by atoms with E-state index in [0.29, 0.717) is 5.03 Å². The minimum absolute atomic E-state index is 0.0347. The van der Waals surface area contributed by atoms with E-state index in [0.717, 1.165) is 0 Å². The molecule has 5 heteroatoms. The average Bonchev–Trinajstić information content (AvgIpc) is 1.88. The predicted octanol–water partition coefficient (Wildman–Crippen LogP) is -0.251. The van der Waals surface area contributed by atoms with Gasteiger partial charge in [0.05, 0.1) is 5.03 Å². The summed E-state index contributed by atoms with van der Waals surface area (Å²) in [6.45, 7) is 0. The van der Waals surface area contributed by atoms with E-state index >= 15 is 0 Å². The molecule has 0 atom stereocenters. The van der Waals surface area contributed by atoms with Gasteiger partial charge in [-0.2, -0.15) is 0 Å². The van der Waals surface area contributed by atoms with E-state index in [1.165, 1.54) is 6.20 Å². The molecule has 0 aliphatic heterocycles. The first kappa shape index (κ1) is 7.46. The fraction of sp³-hybridized carbons (Fsp3) is 0.200. The van der Waals surface area contributed by atoms with Gasteiger partial charge in [0.15, 0.2) is 5.82 Å². The quantitative estimate of drug-likeness (QED) is 0.299. The van der Waals surface area contributed by atoms with Crippen LogP contribution < -0.4 is 0 Å². The van der Waals surface area contributed by atoms with Gasteiger partial charge in [-0.1, -0.05) is 0 Å². The first-order valence-electron chi connectivity index (χ1n) is 2.58. The lowest BCUT2D eigenvalue weighted by Gasteiger charge is -1.99.